The molecule has 0 aliphatic heterocycles. The number of hydrogen-bond donors (Lipinski definition) is 0. The van der Waals surface area contributed by atoms with Crippen LogP contribution in [0.1, 0.15) is 0 Å². The summed E-state index contributed by atoms with van der Waals surface area (Å²) in [6, 6.07) is 78.5. The van der Waals surface area contributed by atoms with Crippen molar-refractivity contribution < 1.29 is 0 Å². The summed E-state index contributed by atoms with van der Waals surface area (Å²) in [5.41, 5.74) is 17.0. The molecule has 284 valence electrons. The van der Waals surface area contributed by atoms with E-state index in [0.717, 1.165) is 38.6 Å². The van der Waals surface area contributed by atoms with Crippen LogP contribution in [0.25, 0.3) is 116 Å². The first-order chi connectivity index (χ1) is 30.2. The summed E-state index contributed by atoms with van der Waals surface area (Å²) in [6.45, 7) is 0. The Balaban J connectivity index is 0.767. The second-order valence-electron chi connectivity index (χ2n) is 15.8. The lowest BCUT2D eigenvalue weighted by molar-refractivity contribution is 1.18. The Labute approximate surface area is 353 Å². The molecule has 12 aromatic rings. The van der Waals surface area contributed by atoms with Gasteiger partial charge >= 0.3 is 0 Å². The largest absolute Gasteiger partial charge is 0.309 e. The van der Waals surface area contributed by atoms with E-state index in [1.165, 1.54) is 77.2 Å². The molecule has 2 heterocycles. The molecule has 0 saturated heterocycles. The minimum Gasteiger partial charge on any atom is -0.309 e. The van der Waals surface area contributed by atoms with Crippen molar-refractivity contribution in [3.63, 3.8) is 0 Å². The lowest BCUT2D eigenvalue weighted by Crippen LogP contribution is -1.92. The second kappa shape index (κ2) is 14.3. The lowest BCUT2D eigenvalue weighted by atomic mass is 9.96. The first-order valence-corrected chi connectivity index (χ1v) is 20.8. The van der Waals surface area contributed by atoms with Crippen LogP contribution >= 0.6 is 0 Å². The molecule has 3 nitrogen and oxygen atoms in total. The number of hydrogen-bond acceptors (Lipinski definition) is 2. The maximum atomic E-state index is 5.18. The van der Waals surface area contributed by atoms with Gasteiger partial charge in [-0.25, -0.2) is 4.98 Å². The Morgan fingerprint density at radius 2 is 0.672 bits per heavy atom. The molecule has 0 spiro atoms. The summed E-state index contributed by atoms with van der Waals surface area (Å²) in [5.74, 6) is 0. The van der Waals surface area contributed by atoms with Crippen molar-refractivity contribution in [2.75, 3.05) is 0 Å². The molecule has 61 heavy (non-hydrogen) atoms. The summed E-state index contributed by atoms with van der Waals surface area (Å²) in [4.78, 5) is 10.1. The van der Waals surface area contributed by atoms with Gasteiger partial charge in [-0.3, -0.25) is 4.98 Å². The predicted octanol–water partition coefficient (Wildman–Crippen LogP) is 15.4. The van der Waals surface area contributed by atoms with E-state index < -0.39 is 0 Å². The Bertz CT molecular complexity index is 3550. The maximum absolute atomic E-state index is 5.18. The molecule has 2 aromatic heterocycles. The second-order valence-corrected chi connectivity index (χ2v) is 15.8. The average molecular weight is 776 g/mol. The molecule has 0 bridgehead atoms. The Morgan fingerprint density at radius 3 is 1.21 bits per heavy atom. The van der Waals surface area contributed by atoms with Gasteiger partial charge in [0.25, 0.3) is 0 Å². The van der Waals surface area contributed by atoms with E-state index in [1.54, 1.807) is 0 Å². The first kappa shape index (κ1) is 34.9. The molecular weight excluding hydrogens is 739 g/mol. The van der Waals surface area contributed by atoms with Crippen LogP contribution in [0.4, 0.5) is 0 Å². The molecule has 0 aliphatic rings. The van der Waals surface area contributed by atoms with Gasteiger partial charge in [-0.2, -0.15) is 0 Å². The van der Waals surface area contributed by atoms with Gasteiger partial charge in [0.1, 0.15) is 0 Å². The molecule has 0 amide bonds. The van der Waals surface area contributed by atoms with Gasteiger partial charge in [0.15, 0.2) is 0 Å². The topological polar surface area (TPSA) is 30.7 Å². The normalized spacial score (nSPS) is 11.6. The summed E-state index contributed by atoms with van der Waals surface area (Å²) in [5, 5.41) is 7.19. The molecular formula is C58H37N3. The quantitative estimate of drug-likeness (QED) is 0.158. The SMILES string of the molecule is c1ccc(-n2c3ccccc3c3cc(-c4ccc(-c5ccc(-c6ccc(-c7ccc(-c8cnc9c%10ccccc%10c%10ccccc%10c9n8)cc7)cc6)cc5)cc4)ccc32)cc1. The summed E-state index contributed by atoms with van der Waals surface area (Å²) in [6.07, 6.45) is 1.90. The van der Waals surface area contributed by atoms with E-state index in [9.17, 15) is 0 Å². The minimum atomic E-state index is 0.871. The molecule has 0 N–H and O–H groups in total. The van der Waals surface area contributed by atoms with Crippen molar-refractivity contribution in [1.82, 2.24) is 14.5 Å². The van der Waals surface area contributed by atoms with Gasteiger partial charge in [-0.1, -0.05) is 188 Å². The highest BCUT2D eigenvalue weighted by molar-refractivity contribution is 6.23. The molecule has 0 atom stereocenters. The zero-order chi connectivity index (χ0) is 40.3. The smallest absolute Gasteiger partial charge is 0.0979 e. The van der Waals surface area contributed by atoms with Crippen LogP contribution in [0.5, 0.6) is 0 Å². The van der Waals surface area contributed by atoms with E-state index in [1.807, 2.05) is 6.20 Å². The summed E-state index contributed by atoms with van der Waals surface area (Å²) < 4.78 is 2.36. The van der Waals surface area contributed by atoms with Crippen molar-refractivity contribution in [3.8, 4) is 61.5 Å². The van der Waals surface area contributed by atoms with Gasteiger partial charge in [-0.15, -0.1) is 0 Å². The van der Waals surface area contributed by atoms with Gasteiger partial charge in [0.2, 0.25) is 0 Å². The van der Waals surface area contributed by atoms with Gasteiger partial charge in [0.05, 0.1) is 34.0 Å². The average Bonchev–Trinajstić information content (AvgIpc) is 3.68. The molecule has 0 fully saturated rings. The Hall–Kier alpha value is -8.14. The molecule has 3 heteroatoms. The lowest BCUT2D eigenvalue weighted by Gasteiger charge is -2.11. The fourth-order valence-corrected chi connectivity index (χ4v) is 9.17. The van der Waals surface area contributed by atoms with Crippen LogP contribution < -0.4 is 0 Å². The third kappa shape index (κ3) is 5.98. The maximum Gasteiger partial charge on any atom is 0.0979 e. The van der Waals surface area contributed by atoms with Crippen molar-refractivity contribution >= 4 is 54.4 Å². The molecule has 10 aromatic carbocycles. The summed E-state index contributed by atoms with van der Waals surface area (Å²) in [7, 11) is 0. The first-order valence-electron chi connectivity index (χ1n) is 20.8. The third-order valence-corrected chi connectivity index (χ3v) is 12.3. The Morgan fingerprint density at radius 1 is 0.279 bits per heavy atom. The number of benzene rings is 10. The number of rotatable bonds is 6. The fraction of sp³-hybridized carbons (Fsp3) is 0. The van der Waals surface area contributed by atoms with E-state index in [0.29, 0.717) is 0 Å². The van der Waals surface area contributed by atoms with E-state index in [4.69, 9.17) is 9.97 Å². The van der Waals surface area contributed by atoms with Crippen LogP contribution in [-0.2, 0) is 0 Å². The van der Waals surface area contributed by atoms with Crippen LogP contribution in [0.15, 0.2) is 225 Å². The van der Waals surface area contributed by atoms with E-state index in [-0.39, 0.29) is 0 Å². The van der Waals surface area contributed by atoms with Gasteiger partial charge < -0.3 is 4.57 Å². The molecule has 12 rings (SSSR count). The predicted molar refractivity (Wildman–Crippen MR) is 256 cm³/mol. The fourth-order valence-electron chi connectivity index (χ4n) is 9.17. The van der Waals surface area contributed by atoms with Crippen molar-refractivity contribution in [2.24, 2.45) is 0 Å². The number of fused-ring (bicyclic) bond motifs is 9. The van der Waals surface area contributed by atoms with Gasteiger partial charge in [0, 0.05) is 32.8 Å². The third-order valence-electron chi connectivity index (χ3n) is 12.3. The molecule has 0 saturated carbocycles. The van der Waals surface area contributed by atoms with Crippen molar-refractivity contribution in [2.45, 2.75) is 0 Å². The number of nitrogens with zero attached hydrogens (tertiary/aromatic N) is 3. The zero-order valence-corrected chi connectivity index (χ0v) is 33.2. The monoisotopic (exact) mass is 775 g/mol. The van der Waals surface area contributed by atoms with Gasteiger partial charge in [-0.05, 0) is 85.6 Å². The molecule has 0 radical (unpaired) electrons. The molecule has 0 unspecified atom stereocenters. The zero-order valence-electron chi connectivity index (χ0n) is 33.2. The minimum absolute atomic E-state index is 0.871. The van der Waals surface area contributed by atoms with Crippen LogP contribution in [-0.4, -0.2) is 14.5 Å². The van der Waals surface area contributed by atoms with Crippen LogP contribution in [0.2, 0.25) is 0 Å². The van der Waals surface area contributed by atoms with Crippen LogP contribution in [0.3, 0.4) is 0 Å². The highest BCUT2D eigenvalue weighted by atomic mass is 15.0. The van der Waals surface area contributed by atoms with E-state index >= 15 is 0 Å². The number of aromatic nitrogens is 3. The number of para-hydroxylation sites is 2. The van der Waals surface area contributed by atoms with E-state index in [2.05, 4.69) is 223 Å². The molecule has 0 aliphatic carbocycles. The summed E-state index contributed by atoms with van der Waals surface area (Å²) >= 11 is 0. The van der Waals surface area contributed by atoms with Crippen LogP contribution in [0, 0.1) is 0 Å². The highest BCUT2D eigenvalue weighted by Crippen LogP contribution is 2.37. The van der Waals surface area contributed by atoms with Crippen molar-refractivity contribution in [3.05, 3.63) is 225 Å². The van der Waals surface area contributed by atoms with Crippen molar-refractivity contribution in [1.29, 1.82) is 0 Å². The standard InChI is InChI=1S/C58H37N3/c1-2-10-47(11-3-1)61-55-17-9-8-14-50(55)53-36-46(34-35-56(53)61)44-28-26-42(27-29-44)40-20-18-38(19-21-40)39-22-24-41(25-23-39)43-30-32-45(33-31-43)54-37-59-57-51-15-6-4-12-48(51)49-13-5-7-16-52(49)58(57)60-54/h1-37H. The highest BCUT2D eigenvalue weighted by Gasteiger charge is 2.15. The Kier molecular flexibility index (Phi) is 8.17.